The summed E-state index contributed by atoms with van der Waals surface area (Å²) in [4.78, 5) is 1.29. The van der Waals surface area contributed by atoms with Crippen LogP contribution in [0.2, 0.25) is 0 Å². The Bertz CT molecular complexity index is 500. The highest BCUT2D eigenvalue weighted by Crippen LogP contribution is 2.31. The molecule has 0 bridgehead atoms. The molecule has 1 aromatic carbocycles. The topological polar surface area (TPSA) is 27.0 Å². The van der Waals surface area contributed by atoms with E-state index in [-0.39, 0.29) is 18.2 Å². The second-order valence-corrected chi connectivity index (χ2v) is 4.71. The van der Waals surface area contributed by atoms with Crippen LogP contribution < -0.4 is 0 Å². The Morgan fingerprint density at radius 1 is 1.26 bits per heavy atom. The van der Waals surface area contributed by atoms with Gasteiger partial charge in [0.25, 0.3) is 0 Å². The molecule has 0 heterocycles. The third-order valence-corrected chi connectivity index (χ3v) is 2.92. The number of rotatable bonds is 4. The summed E-state index contributed by atoms with van der Waals surface area (Å²) in [6, 6.07) is 5.37. The Labute approximate surface area is 108 Å². The van der Waals surface area contributed by atoms with Gasteiger partial charge in [-0.3, -0.25) is 4.90 Å². The van der Waals surface area contributed by atoms with Gasteiger partial charge in [-0.15, -0.1) is 0 Å². The Morgan fingerprint density at radius 2 is 1.95 bits per heavy atom. The molecule has 0 aromatic heterocycles. The molecule has 0 unspecified atom stereocenters. The maximum absolute atomic E-state index is 13.2. The lowest BCUT2D eigenvalue weighted by molar-refractivity contribution is -0.148. The zero-order valence-corrected chi connectivity index (χ0v) is 10.0. The SMILES string of the molecule is N#Cc1cc(F)cc(CN(CC(F)(F)F)C2CC2)c1. The maximum Gasteiger partial charge on any atom is 0.401 e. The molecular formula is C13H12F4N2. The van der Waals surface area contributed by atoms with Crippen molar-refractivity contribution in [1.29, 1.82) is 5.26 Å². The Morgan fingerprint density at radius 3 is 2.47 bits per heavy atom. The number of halogens is 4. The molecule has 2 rings (SSSR count). The molecule has 0 radical (unpaired) electrons. The van der Waals surface area contributed by atoms with Crippen LogP contribution in [0.1, 0.15) is 24.0 Å². The summed E-state index contributed by atoms with van der Waals surface area (Å²) in [5, 5.41) is 8.72. The van der Waals surface area contributed by atoms with E-state index >= 15 is 0 Å². The monoisotopic (exact) mass is 272 g/mol. The molecule has 19 heavy (non-hydrogen) atoms. The average molecular weight is 272 g/mol. The van der Waals surface area contributed by atoms with E-state index in [0.717, 1.165) is 18.9 Å². The lowest BCUT2D eigenvalue weighted by Crippen LogP contribution is -2.35. The molecule has 1 aliphatic rings. The van der Waals surface area contributed by atoms with Crippen LogP contribution in [-0.2, 0) is 6.54 Å². The van der Waals surface area contributed by atoms with Gasteiger partial charge in [0.1, 0.15) is 5.82 Å². The summed E-state index contributed by atoms with van der Waals surface area (Å²) in [6.45, 7) is -0.993. The van der Waals surface area contributed by atoms with Crippen molar-refractivity contribution in [3.05, 3.63) is 35.1 Å². The number of benzene rings is 1. The van der Waals surface area contributed by atoms with E-state index in [0.29, 0.717) is 5.56 Å². The van der Waals surface area contributed by atoms with Crippen molar-refractivity contribution in [2.45, 2.75) is 31.6 Å². The predicted molar refractivity (Wildman–Crippen MR) is 60.6 cm³/mol. The largest absolute Gasteiger partial charge is 0.401 e. The zero-order valence-electron chi connectivity index (χ0n) is 10.0. The minimum atomic E-state index is -4.27. The number of alkyl halides is 3. The quantitative estimate of drug-likeness (QED) is 0.787. The van der Waals surface area contributed by atoms with Gasteiger partial charge in [-0.1, -0.05) is 0 Å². The molecule has 0 spiro atoms. The van der Waals surface area contributed by atoms with E-state index in [1.165, 1.54) is 17.0 Å². The summed E-state index contributed by atoms with van der Waals surface area (Å²) in [6.07, 6.45) is -2.80. The minimum absolute atomic E-state index is 0.0105. The van der Waals surface area contributed by atoms with Crippen LogP contribution in [0.3, 0.4) is 0 Å². The van der Waals surface area contributed by atoms with Crippen molar-refractivity contribution >= 4 is 0 Å². The molecule has 1 fully saturated rings. The van der Waals surface area contributed by atoms with Gasteiger partial charge in [0.15, 0.2) is 0 Å². The molecule has 0 atom stereocenters. The number of hydrogen-bond acceptors (Lipinski definition) is 2. The van der Waals surface area contributed by atoms with Gasteiger partial charge in [0.2, 0.25) is 0 Å². The summed E-state index contributed by atoms with van der Waals surface area (Å²) >= 11 is 0. The zero-order chi connectivity index (χ0) is 14.0. The van der Waals surface area contributed by atoms with Crippen LogP contribution >= 0.6 is 0 Å². The van der Waals surface area contributed by atoms with Crippen molar-refractivity contribution in [3.63, 3.8) is 0 Å². The van der Waals surface area contributed by atoms with E-state index < -0.39 is 18.5 Å². The third-order valence-electron chi connectivity index (χ3n) is 2.92. The Kier molecular flexibility index (Phi) is 3.76. The van der Waals surface area contributed by atoms with E-state index in [2.05, 4.69) is 0 Å². The Hall–Kier alpha value is -1.61. The fourth-order valence-electron chi connectivity index (χ4n) is 2.02. The molecule has 1 saturated carbocycles. The smallest absolute Gasteiger partial charge is 0.288 e. The second-order valence-electron chi connectivity index (χ2n) is 4.71. The maximum atomic E-state index is 13.2. The lowest BCUT2D eigenvalue weighted by Gasteiger charge is -2.23. The third kappa shape index (κ3) is 4.21. The summed E-state index contributed by atoms with van der Waals surface area (Å²) in [5.41, 5.74) is 0.519. The molecular weight excluding hydrogens is 260 g/mol. The molecule has 1 aliphatic carbocycles. The van der Waals surface area contributed by atoms with Gasteiger partial charge in [-0.2, -0.15) is 18.4 Å². The van der Waals surface area contributed by atoms with Crippen LogP contribution in [0.25, 0.3) is 0 Å². The van der Waals surface area contributed by atoms with Crippen molar-refractivity contribution in [3.8, 4) is 6.07 Å². The van der Waals surface area contributed by atoms with Gasteiger partial charge in [0, 0.05) is 12.6 Å². The molecule has 0 saturated heterocycles. The molecule has 6 heteroatoms. The second kappa shape index (κ2) is 5.17. The van der Waals surface area contributed by atoms with Gasteiger partial charge >= 0.3 is 6.18 Å². The van der Waals surface area contributed by atoms with Crippen LogP contribution in [0.15, 0.2) is 18.2 Å². The molecule has 0 N–H and O–H groups in total. The van der Waals surface area contributed by atoms with E-state index in [1.807, 2.05) is 0 Å². The standard InChI is InChI=1S/C13H12F4N2/c14-11-4-9(6-18)3-10(5-11)7-19(12-1-2-12)8-13(15,16)17/h3-5,12H,1-2,7-8H2. The highest BCUT2D eigenvalue weighted by atomic mass is 19.4. The van der Waals surface area contributed by atoms with Crippen LogP contribution in [0.4, 0.5) is 17.6 Å². The van der Waals surface area contributed by atoms with E-state index in [1.54, 1.807) is 6.07 Å². The molecule has 0 aliphatic heterocycles. The van der Waals surface area contributed by atoms with Gasteiger partial charge in [-0.05, 0) is 36.6 Å². The molecule has 1 aromatic rings. The number of nitriles is 1. The summed E-state index contributed by atoms with van der Waals surface area (Å²) in [5.74, 6) is -0.600. The van der Waals surface area contributed by atoms with E-state index in [4.69, 9.17) is 5.26 Å². The highest BCUT2D eigenvalue weighted by molar-refractivity contribution is 5.33. The molecule has 2 nitrogen and oxygen atoms in total. The van der Waals surface area contributed by atoms with E-state index in [9.17, 15) is 17.6 Å². The first kappa shape index (κ1) is 13.8. The normalized spacial score (nSPS) is 15.6. The van der Waals surface area contributed by atoms with Crippen LogP contribution in [0, 0.1) is 17.1 Å². The molecule has 0 amide bonds. The van der Waals surface area contributed by atoms with Crippen molar-refractivity contribution < 1.29 is 17.6 Å². The fraction of sp³-hybridized carbons (Fsp3) is 0.462. The first-order valence-electron chi connectivity index (χ1n) is 5.88. The summed E-state index contributed by atoms with van der Waals surface area (Å²) < 4.78 is 50.6. The van der Waals surface area contributed by atoms with Crippen molar-refractivity contribution in [2.75, 3.05) is 6.54 Å². The first-order valence-corrected chi connectivity index (χ1v) is 5.88. The van der Waals surface area contributed by atoms with Gasteiger partial charge in [0.05, 0.1) is 18.2 Å². The van der Waals surface area contributed by atoms with Crippen molar-refractivity contribution in [1.82, 2.24) is 4.90 Å². The fourth-order valence-corrected chi connectivity index (χ4v) is 2.02. The van der Waals surface area contributed by atoms with Crippen LogP contribution in [0.5, 0.6) is 0 Å². The minimum Gasteiger partial charge on any atom is -0.288 e. The highest BCUT2D eigenvalue weighted by Gasteiger charge is 2.37. The average Bonchev–Trinajstić information content (AvgIpc) is 3.09. The lowest BCUT2D eigenvalue weighted by atomic mass is 10.1. The Balaban J connectivity index is 2.13. The first-order chi connectivity index (χ1) is 8.87. The molecule has 102 valence electrons. The predicted octanol–water partition coefficient (Wildman–Crippen LogP) is 3.22. The van der Waals surface area contributed by atoms with Gasteiger partial charge in [-0.25, -0.2) is 4.39 Å². The van der Waals surface area contributed by atoms with Crippen molar-refractivity contribution in [2.24, 2.45) is 0 Å². The van der Waals surface area contributed by atoms with Crippen LogP contribution in [-0.4, -0.2) is 23.7 Å². The number of nitrogens with zero attached hydrogens (tertiary/aromatic N) is 2. The summed E-state index contributed by atoms with van der Waals surface area (Å²) in [7, 11) is 0. The van der Waals surface area contributed by atoms with Gasteiger partial charge < -0.3 is 0 Å². The number of hydrogen-bond donors (Lipinski definition) is 0.